The van der Waals surface area contributed by atoms with Crippen LogP contribution in [0.5, 0.6) is 0 Å². The molecule has 1 N–H and O–H groups in total. The molecule has 0 radical (unpaired) electrons. The summed E-state index contributed by atoms with van der Waals surface area (Å²) in [6.07, 6.45) is 0. The standard InChI is InChI=1S/C17H21N3O2S/c1-12(17(21)20-7-9-22-10-8-20)18-15-5-3-14(4-6-15)16-11-23-13(2)19-16/h3-6,11-12,18H,7-10H2,1-2H3. The number of rotatable bonds is 4. The largest absolute Gasteiger partial charge is 0.378 e. The van der Waals surface area contributed by atoms with Crippen molar-refractivity contribution < 1.29 is 9.53 Å². The van der Waals surface area contributed by atoms with Crippen LogP contribution in [0.2, 0.25) is 0 Å². The Morgan fingerprint density at radius 3 is 2.61 bits per heavy atom. The Balaban J connectivity index is 1.62. The summed E-state index contributed by atoms with van der Waals surface area (Å²) in [6.45, 7) is 6.50. The van der Waals surface area contributed by atoms with Crippen LogP contribution >= 0.6 is 11.3 Å². The summed E-state index contributed by atoms with van der Waals surface area (Å²) in [7, 11) is 0. The van der Waals surface area contributed by atoms with Crippen LogP contribution in [-0.4, -0.2) is 48.1 Å². The molecule has 0 saturated carbocycles. The Hall–Kier alpha value is -1.92. The van der Waals surface area contributed by atoms with E-state index >= 15 is 0 Å². The Bertz CT molecular complexity index is 663. The monoisotopic (exact) mass is 331 g/mol. The molecule has 1 amide bonds. The van der Waals surface area contributed by atoms with Gasteiger partial charge in [-0.25, -0.2) is 4.98 Å². The maximum absolute atomic E-state index is 12.4. The van der Waals surface area contributed by atoms with Gasteiger partial charge in [0.25, 0.3) is 0 Å². The van der Waals surface area contributed by atoms with E-state index in [1.54, 1.807) is 11.3 Å². The minimum Gasteiger partial charge on any atom is -0.378 e. The van der Waals surface area contributed by atoms with Crippen molar-refractivity contribution in [2.24, 2.45) is 0 Å². The number of anilines is 1. The van der Waals surface area contributed by atoms with Crippen molar-refractivity contribution in [3.8, 4) is 11.3 Å². The van der Waals surface area contributed by atoms with Crippen LogP contribution in [-0.2, 0) is 9.53 Å². The number of thiazole rings is 1. The molecular formula is C17H21N3O2S. The first kappa shape index (κ1) is 16.0. The molecule has 1 aromatic carbocycles. The average molecular weight is 331 g/mol. The number of hydrogen-bond acceptors (Lipinski definition) is 5. The highest BCUT2D eigenvalue weighted by molar-refractivity contribution is 7.09. The van der Waals surface area contributed by atoms with Crippen molar-refractivity contribution in [2.45, 2.75) is 19.9 Å². The molecule has 1 aliphatic heterocycles. The van der Waals surface area contributed by atoms with Gasteiger partial charge in [0, 0.05) is 29.7 Å². The van der Waals surface area contributed by atoms with Crippen LogP contribution in [0.4, 0.5) is 5.69 Å². The van der Waals surface area contributed by atoms with Crippen molar-refractivity contribution in [2.75, 3.05) is 31.6 Å². The smallest absolute Gasteiger partial charge is 0.244 e. The van der Waals surface area contributed by atoms with Gasteiger partial charge >= 0.3 is 0 Å². The lowest BCUT2D eigenvalue weighted by Gasteiger charge is -2.29. The highest BCUT2D eigenvalue weighted by Gasteiger charge is 2.22. The molecule has 2 heterocycles. The Morgan fingerprint density at radius 1 is 1.30 bits per heavy atom. The fourth-order valence-electron chi connectivity index (χ4n) is 2.60. The summed E-state index contributed by atoms with van der Waals surface area (Å²) in [5, 5.41) is 6.39. The van der Waals surface area contributed by atoms with E-state index in [4.69, 9.17) is 4.74 Å². The molecule has 0 spiro atoms. The number of benzene rings is 1. The van der Waals surface area contributed by atoms with Crippen LogP contribution in [0.1, 0.15) is 11.9 Å². The minimum absolute atomic E-state index is 0.118. The number of nitrogens with zero attached hydrogens (tertiary/aromatic N) is 2. The van der Waals surface area contributed by atoms with Gasteiger partial charge < -0.3 is 15.0 Å². The van der Waals surface area contributed by atoms with Crippen molar-refractivity contribution in [3.05, 3.63) is 34.7 Å². The topological polar surface area (TPSA) is 54.5 Å². The lowest BCUT2D eigenvalue weighted by molar-refractivity contribution is -0.135. The maximum Gasteiger partial charge on any atom is 0.244 e. The van der Waals surface area contributed by atoms with Crippen LogP contribution < -0.4 is 5.32 Å². The number of hydrogen-bond donors (Lipinski definition) is 1. The number of carbonyl (C=O) groups excluding carboxylic acids is 1. The van der Waals surface area contributed by atoms with Gasteiger partial charge in [-0.15, -0.1) is 11.3 Å². The summed E-state index contributed by atoms with van der Waals surface area (Å²) >= 11 is 1.65. The number of nitrogens with one attached hydrogen (secondary N) is 1. The van der Waals surface area contributed by atoms with Crippen LogP contribution in [0.25, 0.3) is 11.3 Å². The highest BCUT2D eigenvalue weighted by Crippen LogP contribution is 2.23. The predicted molar refractivity (Wildman–Crippen MR) is 92.8 cm³/mol. The molecular weight excluding hydrogens is 310 g/mol. The SMILES string of the molecule is Cc1nc(-c2ccc(NC(C)C(=O)N3CCOCC3)cc2)cs1. The van der Waals surface area contributed by atoms with Gasteiger partial charge in [-0.3, -0.25) is 4.79 Å². The summed E-state index contributed by atoms with van der Waals surface area (Å²) in [6, 6.07) is 7.80. The van der Waals surface area contributed by atoms with E-state index in [1.807, 2.05) is 43.0 Å². The second kappa shape index (κ2) is 7.10. The highest BCUT2D eigenvalue weighted by atomic mass is 32.1. The molecule has 1 fully saturated rings. The molecule has 1 aliphatic rings. The molecule has 0 bridgehead atoms. The third-order valence-corrected chi connectivity index (χ3v) is 4.65. The molecule has 23 heavy (non-hydrogen) atoms. The fraction of sp³-hybridized carbons (Fsp3) is 0.412. The Morgan fingerprint density at radius 2 is 2.00 bits per heavy atom. The molecule has 5 nitrogen and oxygen atoms in total. The van der Waals surface area contributed by atoms with Crippen molar-refractivity contribution in [1.82, 2.24) is 9.88 Å². The zero-order chi connectivity index (χ0) is 16.2. The Kier molecular flexibility index (Phi) is 4.93. The van der Waals surface area contributed by atoms with E-state index in [0.29, 0.717) is 26.3 Å². The first-order valence-corrected chi connectivity index (χ1v) is 8.67. The average Bonchev–Trinajstić information content (AvgIpc) is 3.02. The number of aryl methyl sites for hydroxylation is 1. The molecule has 122 valence electrons. The second-order valence-corrected chi connectivity index (χ2v) is 6.70. The van der Waals surface area contributed by atoms with Gasteiger partial charge in [-0.1, -0.05) is 12.1 Å². The minimum atomic E-state index is -0.250. The molecule has 0 aliphatic carbocycles. The van der Waals surface area contributed by atoms with Crippen LogP contribution in [0.15, 0.2) is 29.6 Å². The van der Waals surface area contributed by atoms with Gasteiger partial charge in [0.2, 0.25) is 5.91 Å². The van der Waals surface area contributed by atoms with Crippen molar-refractivity contribution >= 4 is 22.9 Å². The lowest BCUT2D eigenvalue weighted by Crippen LogP contribution is -2.46. The summed E-state index contributed by atoms with van der Waals surface area (Å²) in [5.74, 6) is 0.118. The van der Waals surface area contributed by atoms with E-state index in [2.05, 4.69) is 15.7 Å². The van der Waals surface area contributed by atoms with Crippen LogP contribution in [0, 0.1) is 6.92 Å². The number of morpholine rings is 1. The van der Waals surface area contributed by atoms with Crippen molar-refractivity contribution in [1.29, 1.82) is 0 Å². The molecule has 1 saturated heterocycles. The number of carbonyl (C=O) groups is 1. The van der Waals surface area contributed by atoms with Crippen molar-refractivity contribution in [3.63, 3.8) is 0 Å². The Labute approximate surface area is 140 Å². The number of amides is 1. The first-order chi connectivity index (χ1) is 11.1. The summed E-state index contributed by atoms with van der Waals surface area (Å²) < 4.78 is 5.29. The third kappa shape index (κ3) is 3.89. The quantitative estimate of drug-likeness (QED) is 0.936. The van der Waals surface area contributed by atoms with Gasteiger partial charge in [0.1, 0.15) is 6.04 Å². The second-order valence-electron chi connectivity index (χ2n) is 5.63. The molecule has 1 atom stereocenters. The summed E-state index contributed by atoms with van der Waals surface area (Å²) in [4.78, 5) is 18.7. The normalized spacial score (nSPS) is 16.2. The first-order valence-electron chi connectivity index (χ1n) is 7.79. The number of aromatic nitrogens is 1. The summed E-state index contributed by atoms with van der Waals surface area (Å²) in [5.41, 5.74) is 3.03. The molecule has 1 unspecified atom stereocenters. The van der Waals surface area contributed by atoms with Gasteiger partial charge in [0.15, 0.2) is 0 Å². The van der Waals surface area contributed by atoms with Crippen LogP contribution in [0.3, 0.4) is 0 Å². The van der Waals surface area contributed by atoms with Gasteiger partial charge in [-0.05, 0) is 26.0 Å². The van der Waals surface area contributed by atoms with Gasteiger partial charge in [-0.2, -0.15) is 0 Å². The zero-order valence-electron chi connectivity index (χ0n) is 13.4. The third-order valence-electron chi connectivity index (χ3n) is 3.88. The number of ether oxygens (including phenoxy) is 1. The molecule has 3 rings (SSSR count). The molecule has 1 aromatic heterocycles. The maximum atomic E-state index is 12.4. The van der Waals surface area contributed by atoms with Gasteiger partial charge in [0.05, 0.1) is 23.9 Å². The fourth-order valence-corrected chi connectivity index (χ4v) is 3.22. The van der Waals surface area contributed by atoms with E-state index in [-0.39, 0.29) is 11.9 Å². The van der Waals surface area contributed by atoms with E-state index in [0.717, 1.165) is 22.0 Å². The van der Waals surface area contributed by atoms with E-state index in [9.17, 15) is 4.79 Å². The lowest BCUT2D eigenvalue weighted by atomic mass is 10.1. The van der Waals surface area contributed by atoms with E-state index < -0.39 is 0 Å². The molecule has 2 aromatic rings. The van der Waals surface area contributed by atoms with E-state index in [1.165, 1.54) is 0 Å². The predicted octanol–water partition coefficient (Wildman–Crippen LogP) is 2.78. The molecule has 6 heteroatoms. The zero-order valence-corrected chi connectivity index (χ0v) is 14.2.